The first kappa shape index (κ1) is 9.48. The van der Waals surface area contributed by atoms with Gasteiger partial charge in [-0.3, -0.25) is 0 Å². The molecule has 0 aliphatic carbocycles. The van der Waals surface area contributed by atoms with E-state index >= 15 is 0 Å². The van der Waals surface area contributed by atoms with Crippen LogP contribution in [0.5, 0.6) is 0 Å². The molecule has 0 heteroatoms. The van der Waals surface area contributed by atoms with Crippen LogP contribution >= 0.6 is 0 Å². The molecule has 10 heavy (non-hydrogen) atoms. The van der Waals surface area contributed by atoms with Crippen LogP contribution in [0.15, 0.2) is 24.8 Å². The maximum Gasteiger partial charge on any atom is -0.0265 e. The fourth-order valence-electron chi connectivity index (χ4n) is 0.844. The minimum atomic E-state index is 0.666. The van der Waals surface area contributed by atoms with Gasteiger partial charge in [-0.1, -0.05) is 18.6 Å². The van der Waals surface area contributed by atoms with Crippen LogP contribution in [0.2, 0.25) is 0 Å². The summed E-state index contributed by atoms with van der Waals surface area (Å²) >= 11 is 0. The molecule has 1 atom stereocenters. The van der Waals surface area contributed by atoms with Crippen LogP contribution in [-0.2, 0) is 0 Å². The summed E-state index contributed by atoms with van der Waals surface area (Å²) in [6.45, 7) is 11.9. The quantitative estimate of drug-likeness (QED) is 0.510. The van der Waals surface area contributed by atoms with Gasteiger partial charge in [-0.05, 0) is 32.1 Å². The van der Waals surface area contributed by atoms with Gasteiger partial charge in [-0.25, -0.2) is 0 Å². The van der Waals surface area contributed by atoms with Crippen molar-refractivity contribution in [3.63, 3.8) is 0 Å². The summed E-state index contributed by atoms with van der Waals surface area (Å²) in [4.78, 5) is 0. The Balaban J connectivity index is 3.19. The largest absolute Gasteiger partial charge is 0.103 e. The van der Waals surface area contributed by atoms with E-state index in [0.717, 1.165) is 6.42 Å². The highest BCUT2D eigenvalue weighted by molar-refractivity contribution is 4.88. The topological polar surface area (TPSA) is 0 Å². The molecular weight excluding hydrogens is 120 g/mol. The molecule has 0 aliphatic heterocycles. The summed E-state index contributed by atoms with van der Waals surface area (Å²) in [5.74, 6) is 0.666. The maximum absolute atomic E-state index is 3.85. The van der Waals surface area contributed by atoms with Crippen molar-refractivity contribution in [1.82, 2.24) is 0 Å². The molecule has 0 spiro atoms. The fourth-order valence-corrected chi connectivity index (χ4v) is 0.844. The van der Waals surface area contributed by atoms with E-state index in [4.69, 9.17) is 0 Å². The molecule has 0 amide bonds. The minimum Gasteiger partial charge on any atom is -0.103 e. The Morgan fingerprint density at radius 2 is 2.20 bits per heavy atom. The van der Waals surface area contributed by atoms with Gasteiger partial charge in [-0.15, -0.1) is 13.2 Å². The fraction of sp³-hybridized carbons (Fsp3) is 0.600. The molecule has 0 aromatic rings. The van der Waals surface area contributed by atoms with Crippen molar-refractivity contribution >= 4 is 0 Å². The molecule has 0 rings (SSSR count). The molecule has 0 fully saturated rings. The summed E-state index contributed by atoms with van der Waals surface area (Å²) < 4.78 is 0. The lowest BCUT2D eigenvalue weighted by atomic mass is 10.0. The monoisotopic (exact) mass is 138 g/mol. The molecule has 0 bridgehead atoms. The molecule has 0 saturated heterocycles. The maximum atomic E-state index is 3.85. The smallest absolute Gasteiger partial charge is 0.0265 e. The van der Waals surface area contributed by atoms with Crippen molar-refractivity contribution in [1.29, 1.82) is 0 Å². The van der Waals surface area contributed by atoms with Gasteiger partial charge in [0, 0.05) is 0 Å². The Kier molecular flexibility index (Phi) is 5.00. The predicted molar refractivity (Wildman–Crippen MR) is 48.0 cm³/mol. The Bertz CT molecular complexity index is 111. The van der Waals surface area contributed by atoms with Crippen LogP contribution in [0.3, 0.4) is 0 Å². The lowest BCUT2D eigenvalue weighted by Gasteiger charge is -2.03. The summed E-state index contributed by atoms with van der Waals surface area (Å²) in [6, 6.07) is 0. The lowest BCUT2D eigenvalue weighted by molar-refractivity contribution is 0.606. The first-order chi connectivity index (χ1) is 4.66. The third kappa shape index (κ3) is 5.61. The van der Waals surface area contributed by atoms with Gasteiger partial charge in [0.25, 0.3) is 0 Å². The molecule has 0 nitrogen and oxygen atoms in total. The van der Waals surface area contributed by atoms with Crippen molar-refractivity contribution in [3.8, 4) is 0 Å². The van der Waals surface area contributed by atoms with Crippen LogP contribution < -0.4 is 0 Å². The van der Waals surface area contributed by atoms with Gasteiger partial charge in [-0.2, -0.15) is 0 Å². The number of rotatable bonds is 5. The van der Waals surface area contributed by atoms with E-state index in [9.17, 15) is 0 Å². The van der Waals surface area contributed by atoms with E-state index in [1.54, 1.807) is 0 Å². The van der Waals surface area contributed by atoms with E-state index in [1.165, 1.54) is 18.4 Å². The second kappa shape index (κ2) is 5.28. The number of hydrogen-bond donors (Lipinski definition) is 0. The zero-order valence-corrected chi connectivity index (χ0v) is 7.19. The highest BCUT2D eigenvalue weighted by atomic mass is 14.0. The van der Waals surface area contributed by atoms with E-state index in [1.807, 2.05) is 6.08 Å². The Labute approximate surface area is 64.6 Å². The summed E-state index contributed by atoms with van der Waals surface area (Å²) in [7, 11) is 0. The van der Waals surface area contributed by atoms with Crippen LogP contribution in [-0.4, -0.2) is 0 Å². The molecule has 0 aromatic carbocycles. The molecule has 0 radical (unpaired) electrons. The molecule has 58 valence electrons. The highest BCUT2D eigenvalue weighted by Gasteiger charge is 1.94. The average Bonchev–Trinajstić information content (AvgIpc) is 1.87. The first-order valence-electron chi connectivity index (χ1n) is 3.93. The standard InChI is InChI=1S/C10H18/c1-5-10(4)8-6-7-9(2)3/h5,10H,1-2,6-8H2,3-4H3/t10-/m0/s1. The molecule has 0 heterocycles. The second-order valence-corrected chi connectivity index (χ2v) is 3.06. The summed E-state index contributed by atoms with van der Waals surface area (Å²) in [6.07, 6.45) is 5.68. The second-order valence-electron chi connectivity index (χ2n) is 3.06. The molecule has 0 saturated carbocycles. The van der Waals surface area contributed by atoms with Crippen LogP contribution in [0.4, 0.5) is 0 Å². The minimum absolute atomic E-state index is 0.666. The van der Waals surface area contributed by atoms with Gasteiger partial charge >= 0.3 is 0 Å². The van der Waals surface area contributed by atoms with Crippen LogP contribution in [0, 0.1) is 5.92 Å². The number of hydrogen-bond acceptors (Lipinski definition) is 0. The van der Waals surface area contributed by atoms with Gasteiger partial charge in [0.15, 0.2) is 0 Å². The van der Waals surface area contributed by atoms with Crippen LogP contribution in [0.25, 0.3) is 0 Å². The first-order valence-corrected chi connectivity index (χ1v) is 3.93. The summed E-state index contributed by atoms with van der Waals surface area (Å²) in [5.41, 5.74) is 1.29. The van der Waals surface area contributed by atoms with Crippen molar-refractivity contribution < 1.29 is 0 Å². The van der Waals surface area contributed by atoms with Crippen LogP contribution in [0.1, 0.15) is 33.1 Å². The van der Waals surface area contributed by atoms with E-state index in [0.29, 0.717) is 5.92 Å². The molecule has 0 aliphatic rings. The Hall–Kier alpha value is -0.520. The third-order valence-electron chi connectivity index (χ3n) is 1.67. The van der Waals surface area contributed by atoms with E-state index < -0.39 is 0 Å². The lowest BCUT2D eigenvalue weighted by Crippen LogP contribution is -1.88. The predicted octanol–water partition coefficient (Wildman–Crippen LogP) is 3.55. The zero-order chi connectivity index (χ0) is 7.98. The van der Waals surface area contributed by atoms with Crippen molar-refractivity contribution in [2.24, 2.45) is 5.92 Å². The Morgan fingerprint density at radius 3 is 2.60 bits per heavy atom. The Morgan fingerprint density at radius 1 is 1.60 bits per heavy atom. The zero-order valence-electron chi connectivity index (χ0n) is 7.19. The number of allylic oxidation sites excluding steroid dienone is 2. The highest BCUT2D eigenvalue weighted by Crippen LogP contribution is 2.11. The van der Waals surface area contributed by atoms with Crippen molar-refractivity contribution in [2.75, 3.05) is 0 Å². The van der Waals surface area contributed by atoms with Gasteiger partial charge in [0.1, 0.15) is 0 Å². The normalized spacial score (nSPS) is 12.6. The van der Waals surface area contributed by atoms with Crippen molar-refractivity contribution in [2.45, 2.75) is 33.1 Å². The SMILES string of the molecule is C=C[C@H](C)CCCC(=C)C. The molecule has 0 N–H and O–H groups in total. The van der Waals surface area contributed by atoms with Gasteiger partial charge < -0.3 is 0 Å². The summed E-state index contributed by atoms with van der Waals surface area (Å²) in [5, 5.41) is 0. The van der Waals surface area contributed by atoms with Gasteiger partial charge in [0.2, 0.25) is 0 Å². The van der Waals surface area contributed by atoms with Gasteiger partial charge in [0.05, 0.1) is 0 Å². The third-order valence-corrected chi connectivity index (χ3v) is 1.67. The average molecular weight is 138 g/mol. The van der Waals surface area contributed by atoms with E-state index in [2.05, 4.69) is 27.0 Å². The molecule has 0 unspecified atom stereocenters. The van der Waals surface area contributed by atoms with E-state index in [-0.39, 0.29) is 0 Å². The van der Waals surface area contributed by atoms with Crippen molar-refractivity contribution in [3.05, 3.63) is 24.8 Å². The molecular formula is C10H18. The molecule has 0 aromatic heterocycles.